The van der Waals surface area contributed by atoms with Crippen molar-refractivity contribution in [2.45, 2.75) is 58.7 Å². The van der Waals surface area contributed by atoms with Crippen LogP contribution in [0.1, 0.15) is 53.6 Å². The van der Waals surface area contributed by atoms with Gasteiger partial charge in [0, 0.05) is 26.1 Å². The summed E-state index contributed by atoms with van der Waals surface area (Å²) in [5.74, 6) is 0.761. The maximum absolute atomic E-state index is 12.7. The first kappa shape index (κ1) is 20.1. The molecule has 8 nitrogen and oxygen atoms in total. The highest BCUT2D eigenvalue weighted by atomic mass is 16.2. The lowest BCUT2D eigenvalue weighted by Crippen LogP contribution is -2.29. The highest BCUT2D eigenvalue weighted by Crippen LogP contribution is 2.13. The minimum absolute atomic E-state index is 0.0357. The monoisotopic (exact) mass is 408 g/mol. The molecule has 1 N–H and O–H groups in total. The highest BCUT2D eigenvalue weighted by molar-refractivity contribution is 5.95. The Labute approximate surface area is 175 Å². The Bertz CT molecular complexity index is 1060. The van der Waals surface area contributed by atoms with Crippen LogP contribution in [0.25, 0.3) is 0 Å². The molecule has 1 aliphatic rings. The van der Waals surface area contributed by atoms with Gasteiger partial charge in [0.15, 0.2) is 0 Å². The maximum Gasteiger partial charge on any atom is 0.345 e. The third-order valence-electron chi connectivity index (χ3n) is 5.57. The lowest BCUT2D eigenvalue weighted by Gasteiger charge is -2.09. The predicted octanol–water partition coefficient (Wildman–Crippen LogP) is 2.01. The van der Waals surface area contributed by atoms with Crippen molar-refractivity contribution in [1.82, 2.24) is 29.4 Å². The molecule has 0 aliphatic carbocycles. The Morgan fingerprint density at radius 2 is 2.00 bits per heavy atom. The highest BCUT2D eigenvalue weighted by Gasteiger charge is 2.18. The van der Waals surface area contributed by atoms with Crippen molar-refractivity contribution in [3.05, 3.63) is 69.7 Å². The van der Waals surface area contributed by atoms with Crippen LogP contribution in [0.15, 0.2) is 41.3 Å². The third kappa shape index (κ3) is 4.22. The van der Waals surface area contributed by atoms with Gasteiger partial charge in [0.2, 0.25) is 0 Å². The number of nitrogens with one attached hydrogen (secondary N) is 1. The Morgan fingerprint density at radius 3 is 2.77 bits per heavy atom. The van der Waals surface area contributed by atoms with Gasteiger partial charge in [0.05, 0.1) is 24.0 Å². The molecule has 0 atom stereocenters. The Morgan fingerprint density at radius 1 is 1.17 bits per heavy atom. The summed E-state index contributed by atoms with van der Waals surface area (Å²) in [6.07, 6.45) is 6.01. The first-order valence-corrected chi connectivity index (χ1v) is 10.7. The molecule has 2 aromatic heterocycles. The van der Waals surface area contributed by atoms with Crippen LogP contribution in [0.3, 0.4) is 0 Å². The number of hydrogen-bond donors (Lipinski definition) is 1. The summed E-state index contributed by atoms with van der Waals surface area (Å²) < 4.78 is 5.19. The molecule has 0 bridgehead atoms. The van der Waals surface area contributed by atoms with Gasteiger partial charge < -0.3 is 5.32 Å². The SMILES string of the molecule is CCc1c(C(=O)NCCCn2nc3n(c2=O)CCCC3)cnn1Cc1ccccc1. The van der Waals surface area contributed by atoms with E-state index < -0.39 is 0 Å². The molecule has 1 aromatic carbocycles. The van der Waals surface area contributed by atoms with Gasteiger partial charge in [0.1, 0.15) is 5.82 Å². The van der Waals surface area contributed by atoms with E-state index in [4.69, 9.17) is 0 Å². The first-order valence-electron chi connectivity index (χ1n) is 10.7. The van der Waals surface area contributed by atoms with Crippen molar-refractivity contribution < 1.29 is 4.79 Å². The molecule has 3 aromatic rings. The van der Waals surface area contributed by atoms with Crippen LogP contribution in [0, 0.1) is 0 Å². The van der Waals surface area contributed by atoms with Gasteiger partial charge in [-0.2, -0.15) is 10.2 Å². The summed E-state index contributed by atoms with van der Waals surface area (Å²) in [6.45, 7) is 4.43. The number of aromatic nitrogens is 5. The zero-order chi connectivity index (χ0) is 20.9. The standard InChI is InChI=1S/C22H28N6O2/c1-2-19-18(15-24-28(19)16-17-9-4-3-5-10-17)21(29)23-12-8-14-27-22(30)26-13-7-6-11-20(26)25-27/h3-5,9-10,15H,2,6-8,11-14,16H2,1H3,(H,23,29). The van der Waals surface area contributed by atoms with Crippen molar-refractivity contribution in [3.8, 4) is 0 Å². The molecule has 30 heavy (non-hydrogen) atoms. The topological polar surface area (TPSA) is 86.7 Å². The van der Waals surface area contributed by atoms with E-state index >= 15 is 0 Å². The quantitative estimate of drug-likeness (QED) is 0.578. The van der Waals surface area contributed by atoms with E-state index in [1.165, 1.54) is 4.68 Å². The number of carbonyl (C=O) groups excluding carboxylic acids is 1. The lowest BCUT2D eigenvalue weighted by molar-refractivity contribution is 0.0951. The number of carbonyl (C=O) groups is 1. The van der Waals surface area contributed by atoms with E-state index in [9.17, 15) is 9.59 Å². The van der Waals surface area contributed by atoms with Crippen molar-refractivity contribution >= 4 is 5.91 Å². The molecule has 0 fully saturated rings. The van der Waals surface area contributed by atoms with Crippen LogP contribution in [0.5, 0.6) is 0 Å². The van der Waals surface area contributed by atoms with E-state index in [2.05, 4.69) is 27.6 Å². The Balaban J connectivity index is 1.33. The summed E-state index contributed by atoms with van der Waals surface area (Å²) >= 11 is 0. The van der Waals surface area contributed by atoms with Crippen molar-refractivity contribution in [1.29, 1.82) is 0 Å². The van der Waals surface area contributed by atoms with Gasteiger partial charge in [-0.15, -0.1) is 0 Å². The second-order valence-corrected chi connectivity index (χ2v) is 7.64. The van der Waals surface area contributed by atoms with Crippen LogP contribution in [-0.4, -0.2) is 36.6 Å². The predicted molar refractivity (Wildman–Crippen MR) is 114 cm³/mol. The van der Waals surface area contributed by atoms with Gasteiger partial charge in [-0.05, 0) is 31.2 Å². The number of amides is 1. The van der Waals surface area contributed by atoms with E-state index in [0.29, 0.717) is 31.6 Å². The van der Waals surface area contributed by atoms with Gasteiger partial charge in [0.25, 0.3) is 5.91 Å². The van der Waals surface area contributed by atoms with Gasteiger partial charge in [-0.1, -0.05) is 37.3 Å². The fourth-order valence-electron chi connectivity index (χ4n) is 3.99. The van der Waals surface area contributed by atoms with Crippen LogP contribution in [0.4, 0.5) is 0 Å². The van der Waals surface area contributed by atoms with Gasteiger partial charge >= 0.3 is 5.69 Å². The third-order valence-corrected chi connectivity index (χ3v) is 5.57. The van der Waals surface area contributed by atoms with E-state index in [1.807, 2.05) is 29.8 Å². The van der Waals surface area contributed by atoms with Crippen LogP contribution in [0.2, 0.25) is 0 Å². The van der Waals surface area contributed by atoms with Crippen LogP contribution >= 0.6 is 0 Å². The number of fused-ring (bicyclic) bond motifs is 1. The minimum atomic E-state index is -0.123. The van der Waals surface area contributed by atoms with Crippen molar-refractivity contribution in [3.63, 3.8) is 0 Å². The summed E-state index contributed by atoms with van der Waals surface area (Å²) in [5, 5.41) is 11.8. The fourth-order valence-corrected chi connectivity index (χ4v) is 3.99. The second-order valence-electron chi connectivity index (χ2n) is 7.64. The Kier molecular flexibility index (Phi) is 6.11. The Hall–Kier alpha value is -3.16. The van der Waals surface area contributed by atoms with Gasteiger partial charge in [-0.3, -0.25) is 14.0 Å². The molecule has 1 aliphatic heterocycles. The first-order chi connectivity index (χ1) is 14.7. The molecule has 0 radical (unpaired) electrons. The molecule has 158 valence electrons. The zero-order valence-corrected chi connectivity index (χ0v) is 17.4. The molecule has 0 saturated heterocycles. The number of rotatable bonds is 8. The molecule has 3 heterocycles. The maximum atomic E-state index is 12.7. The number of aryl methyl sites for hydroxylation is 2. The summed E-state index contributed by atoms with van der Waals surface area (Å²) in [4.78, 5) is 25.0. The van der Waals surface area contributed by atoms with E-state index in [0.717, 1.165) is 49.3 Å². The van der Waals surface area contributed by atoms with E-state index in [-0.39, 0.29) is 11.6 Å². The fraction of sp³-hybridized carbons (Fsp3) is 0.455. The van der Waals surface area contributed by atoms with Crippen molar-refractivity contribution in [2.75, 3.05) is 6.54 Å². The molecule has 0 unspecified atom stereocenters. The minimum Gasteiger partial charge on any atom is -0.352 e. The summed E-state index contributed by atoms with van der Waals surface area (Å²) in [7, 11) is 0. The average Bonchev–Trinajstić information content (AvgIpc) is 3.32. The van der Waals surface area contributed by atoms with Crippen molar-refractivity contribution in [2.24, 2.45) is 0 Å². The average molecular weight is 409 g/mol. The smallest absolute Gasteiger partial charge is 0.345 e. The molecule has 0 saturated carbocycles. The normalized spacial score (nSPS) is 13.2. The largest absolute Gasteiger partial charge is 0.352 e. The number of nitrogens with zero attached hydrogens (tertiary/aromatic N) is 5. The number of benzene rings is 1. The van der Waals surface area contributed by atoms with Crippen LogP contribution in [-0.2, 0) is 32.5 Å². The molecular formula is C22H28N6O2. The molecule has 0 spiro atoms. The number of hydrogen-bond acceptors (Lipinski definition) is 4. The molecular weight excluding hydrogens is 380 g/mol. The van der Waals surface area contributed by atoms with Crippen LogP contribution < -0.4 is 11.0 Å². The molecule has 4 rings (SSSR count). The molecule has 8 heteroatoms. The molecule has 1 amide bonds. The summed E-state index contributed by atoms with van der Waals surface area (Å²) in [6, 6.07) is 10.1. The summed E-state index contributed by atoms with van der Waals surface area (Å²) in [5.41, 5.74) is 2.65. The van der Waals surface area contributed by atoms with E-state index in [1.54, 1.807) is 10.8 Å². The van der Waals surface area contributed by atoms with Gasteiger partial charge in [-0.25, -0.2) is 9.48 Å². The second kappa shape index (κ2) is 9.11. The lowest BCUT2D eigenvalue weighted by atomic mass is 10.1. The zero-order valence-electron chi connectivity index (χ0n) is 17.4.